The first kappa shape index (κ1) is 88.8. The van der Waals surface area contributed by atoms with Gasteiger partial charge in [0.1, 0.15) is 21.7 Å². The lowest BCUT2D eigenvalue weighted by atomic mass is 9.80. The molecule has 654 valence electrons. The van der Waals surface area contributed by atoms with E-state index in [-0.39, 0.29) is 133 Å². The van der Waals surface area contributed by atoms with E-state index in [9.17, 15) is 47.9 Å². The molecule has 16 rings (SSSR count). The summed E-state index contributed by atoms with van der Waals surface area (Å²) in [4.78, 5) is 150. The highest BCUT2D eigenvalue weighted by atomic mass is 79.9. The first-order valence-electron chi connectivity index (χ1n) is 44.1. The summed E-state index contributed by atoms with van der Waals surface area (Å²) in [5, 5.41) is 7.35. The van der Waals surface area contributed by atoms with Gasteiger partial charge in [0.15, 0.2) is 0 Å². The van der Waals surface area contributed by atoms with E-state index in [0.717, 1.165) is 139 Å². The lowest BCUT2D eigenvalue weighted by Gasteiger charge is -2.41. The van der Waals surface area contributed by atoms with E-state index in [2.05, 4.69) is 115 Å². The molecule has 7 atom stereocenters. The number of hydrogen-bond donors (Lipinski definition) is 3. The van der Waals surface area contributed by atoms with Crippen molar-refractivity contribution in [3.05, 3.63) is 172 Å². The SMILES string of the molecule is CC(C)CCN1C(=O)C(CC(=O)N2CCC(N3Cc4ccccc4NC3=O)CC2)SC12C=CC(C)(C)CC2.CC(C)CCN1C(=O)C(CC(=O)N2CCC(N3Cc4ccccc4NC3=O)CC2)SC1c1ccc(Br)cc1.COC(=O)[C@H](CC1CCCCC1)N1C(=O)C(CC(=O)N2CCC(N3CCc4ccccc4NC3=O)CC2)SC1c1ccccc1.[HH].[HH].[HH]. The third kappa shape index (κ3) is 21.3. The number of methoxy groups -OCH3 is 1. The van der Waals surface area contributed by atoms with Crippen LogP contribution in [-0.2, 0) is 57.8 Å². The van der Waals surface area contributed by atoms with E-state index < -0.39 is 11.3 Å². The number of piperidine rings is 3. The fourth-order valence-corrected chi connectivity index (χ4v) is 23.9. The number of nitrogens with one attached hydrogen (secondary N) is 3. The molecule has 121 heavy (non-hydrogen) atoms. The van der Waals surface area contributed by atoms with Crippen LogP contribution in [-0.4, -0.2) is 214 Å². The third-order valence-electron chi connectivity index (χ3n) is 26.4. The second kappa shape index (κ2) is 40.0. The molecule has 1 saturated carbocycles. The Morgan fingerprint density at radius 2 is 0.950 bits per heavy atom. The first-order chi connectivity index (χ1) is 58.3. The summed E-state index contributed by atoms with van der Waals surface area (Å²) in [5.41, 5.74) is 8.19. The number of likely N-dealkylation sites (tertiary alicyclic amines) is 3. The molecule has 1 spiro atoms. The average molecular weight is 1780 g/mol. The number of fused-ring (bicyclic) bond motifs is 3. The number of carbonyl (C=O) groups is 10. The Morgan fingerprint density at radius 1 is 0.496 bits per heavy atom. The highest BCUT2D eigenvalue weighted by molar-refractivity contribution is 9.10. The van der Waals surface area contributed by atoms with Crippen LogP contribution in [0, 0.1) is 23.2 Å². The van der Waals surface area contributed by atoms with Crippen LogP contribution in [0.3, 0.4) is 0 Å². The van der Waals surface area contributed by atoms with Crippen molar-refractivity contribution in [1.29, 1.82) is 0 Å². The normalized spacial score (nSPS) is 24.3. The minimum absolute atomic E-state index is 0. The van der Waals surface area contributed by atoms with Crippen LogP contribution in [0.1, 0.15) is 206 Å². The zero-order chi connectivity index (χ0) is 85.2. The number of benzene rings is 5. The number of amides is 12. The molecule has 2 aliphatic carbocycles. The molecule has 23 nitrogen and oxygen atoms in total. The lowest BCUT2D eigenvalue weighted by Crippen LogP contribution is -2.51. The lowest BCUT2D eigenvalue weighted by molar-refractivity contribution is -0.154. The smallest absolute Gasteiger partial charge is 0.328 e. The number of carbonyl (C=O) groups excluding carboxylic acids is 10. The van der Waals surface area contributed by atoms with Gasteiger partial charge in [0, 0.05) is 135 Å². The van der Waals surface area contributed by atoms with E-state index >= 15 is 0 Å². The van der Waals surface area contributed by atoms with Crippen LogP contribution in [0.15, 0.2) is 144 Å². The van der Waals surface area contributed by atoms with E-state index in [4.69, 9.17) is 4.74 Å². The molecule has 0 radical (unpaired) electrons. The minimum atomic E-state index is -0.676. The highest BCUT2D eigenvalue weighted by Crippen LogP contribution is 2.53. The maximum atomic E-state index is 14.1. The molecule has 5 aromatic rings. The van der Waals surface area contributed by atoms with Crippen LogP contribution in [0.2, 0.25) is 0 Å². The Hall–Kier alpha value is -8.53. The maximum Gasteiger partial charge on any atom is 0.328 e. The number of para-hydroxylation sites is 3. The van der Waals surface area contributed by atoms with Gasteiger partial charge in [0.05, 0.1) is 22.9 Å². The molecule has 27 heteroatoms. The largest absolute Gasteiger partial charge is 0.467 e. The summed E-state index contributed by atoms with van der Waals surface area (Å²) >= 11 is 8.26. The summed E-state index contributed by atoms with van der Waals surface area (Å²) in [5.74, 6) is 1.06. The fraction of sp³-hybridized carbons (Fsp3) is 0.553. The molecule has 3 N–H and O–H groups in total. The van der Waals surface area contributed by atoms with Crippen LogP contribution in [0.25, 0.3) is 0 Å². The molecule has 11 aliphatic rings. The molecule has 6 saturated heterocycles. The summed E-state index contributed by atoms with van der Waals surface area (Å²) in [6.45, 7) is 20.0. The Labute approximate surface area is 739 Å². The summed E-state index contributed by atoms with van der Waals surface area (Å²) in [6.07, 6.45) is 20.4. The van der Waals surface area contributed by atoms with Crippen LogP contribution < -0.4 is 16.0 Å². The van der Waals surface area contributed by atoms with Gasteiger partial charge in [-0.1, -0.05) is 199 Å². The summed E-state index contributed by atoms with van der Waals surface area (Å²) in [7, 11) is 1.39. The number of nitrogens with zero attached hydrogens (tertiary/aromatic N) is 9. The first-order valence-corrected chi connectivity index (χ1v) is 47.7. The van der Waals surface area contributed by atoms with E-state index in [1.165, 1.54) is 25.3 Å². The van der Waals surface area contributed by atoms with Gasteiger partial charge >= 0.3 is 24.1 Å². The molecule has 7 fully saturated rings. The molecule has 0 aromatic heterocycles. The topological polar surface area (TPSA) is 245 Å². The molecular weight excluding hydrogens is 1650 g/mol. The Bertz CT molecular complexity index is 4590. The quantitative estimate of drug-likeness (QED) is 0.0457. The predicted molar refractivity (Wildman–Crippen MR) is 488 cm³/mol. The second-order valence-electron chi connectivity index (χ2n) is 36.0. The number of ether oxygens (including phenoxy) is 1. The van der Waals surface area contributed by atoms with Gasteiger partial charge in [-0.25, -0.2) is 19.2 Å². The average Bonchev–Trinajstić information content (AvgIpc) is 1.60. The number of rotatable bonds is 21. The Morgan fingerprint density at radius 3 is 1.46 bits per heavy atom. The van der Waals surface area contributed by atoms with Gasteiger partial charge in [-0.15, -0.1) is 35.3 Å². The van der Waals surface area contributed by atoms with Gasteiger partial charge < -0.3 is 64.8 Å². The number of thioether (sulfide) groups is 3. The van der Waals surface area contributed by atoms with E-state index in [0.29, 0.717) is 102 Å². The molecule has 5 aromatic carbocycles. The molecule has 0 bridgehead atoms. The van der Waals surface area contributed by atoms with Crippen LogP contribution >= 0.6 is 51.2 Å². The zero-order valence-electron chi connectivity index (χ0n) is 71.2. The van der Waals surface area contributed by atoms with Gasteiger partial charge in [-0.3, -0.25) is 28.8 Å². The van der Waals surface area contributed by atoms with Crippen molar-refractivity contribution in [3.8, 4) is 0 Å². The van der Waals surface area contributed by atoms with Crippen molar-refractivity contribution in [1.82, 2.24) is 44.1 Å². The Balaban J connectivity index is 0.000000180. The minimum Gasteiger partial charge on any atom is -0.467 e. The standard InChI is InChI=1S/C35H44N4O5S.C30H42N4O3S.C29H35BrN4O3S.3H2/c1-44-34(42)29(22-24-10-4-2-5-11-24)39-32(41)30(45-33(39)26-13-6-3-7-14-26)23-31(40)37-19-17-27(18-20-37)38-21-16-25-12-8-9-15-28(25)36-35(38)43;1-21(2)9-18-34-27(36)25(38-30(34)14-12-29(3,4)13-15-30)19-26(35)32-16-10-23(11-17-32)33-20-22-7-5-6-8-24(22)31-28(33)37;1-19(2)11-16-33-27(36)25(38-28(33)20-7-9-22(30)10-8-20)17-26(35)32-14-12-23(13-15-32)34-18-21-5-3-4-6-24(21)31-29(34)37;;;/h3,6-9,12-15,24,27,29-30,33H,2,4-5,10-11,16-23H2,1H3,(H,36,43);5-8,12,14,21,23,25H,9-11,13,15-20H2,1-4H3,(H,31,37);3-10,19,23,25,28H,11-18H2,1-2H3,(H,31,37);3*1H/t29-,30?,33?;;;;;/m0...../s1. The number of urea groups is 3. The van der Waals surface area contributed by atoms with Crippen LogP contribution in [0.5, 0.6) is 0 Å². The van der Waals surface area contributed by atoms with Gasteiger partial charge in [0.25, 0.3) is 0 Å². The van der Waals surface area contributed by atoms with Crippen molar-refractivity contribution in [2.45, 2.75) is 239 Å². The number of hydrogen-bond acceptors (Lipinski definition) is 14. The van der Waals surface area contributed by atoms with Crippen molar-refractivity contribution < 1.29 is 57.0 Å². The van der Waals surface area contributed by atoms with E-state index in [1.807, 2.05) is 137 Å². The Kier molecular flexibility index (Phi) is 29.3. The molecule has 9 aliphatic heterocycles. The molecule has 6 unspecified atom stereocenters. The zero-order valence-corrected chi connectivity index (χ0v) is 75.3. The fourth-order valence-electron chi connectivity index (χ4n) is 19.1. The van der Waals surface area contributed by atoms with Gasteiger partial charge in [0.2, 0.25) is 35.4 Å². The van der Waals surface area contributed by atoms with E-state index in [1.54, 1.807) is 28.4 Å². The molecule has 12 amide bonds. The van der Waals surface area contributed by atoms with Gasteiger partial charge in [-0.2, -0.15) is 0 Å². The summed E-state index contributed by atoms with van der Waals surface area (Å²) in [6, 6.07) is 41.0. The van der Waals surface area contributed by atoms with Crippen molar-refractivity contribution in [2.75, 3.05) is 82.0 Å². The number of halogens is 1. The van der Waals surface area contributed by atoms with Crippen LogP contribution in [0.4, 0.5) is 31.4 Å². The second-order valence-corrected chi connectivity index (χ2v) is 41.0. The monoisotopic (exact) mass is 1770 g/mol. The van der Waals surface area contributed by atoms with Crippen molar-refractivity contribution >= 4 is 128 Å². The van der Waals surface area contributed by atoms with Gasteiger partial charge in [-0.05, 0) is 158 Å². The third-order valence-corrected chi connectivity index (χ3v) is 31.5. The van der Waals surface area contributed by atoms with Crippen molar-refractivity contribution in [2.24, 2.45) is 23.2 Å². The number of esters is 1. The maximum absolute atomic E-state index is 14.1. The number of allylic oxidation sites excluding steroid dienone is 1. The van der Waals surface area contributed by atoms with Crippen molar-refractivity contribution in [3.63, 3.8) is 0 Å². The molecule has 9 heterocycles. The number of anilines is 3. The summed E-state index contributed by atoms with van der Waals surface area (Å²) < 4.78 is 6.26. The highest BCUT2D eigenvalue weighted by Gasteiger charge is 2.54. The molecular formula is C94H127BrN12O11S3. The predicted octanol–water partition coefficient (Wildman–Crippen LogP) is 17.7.